The molecule has 2 aliphatic rings. The normalized spacial score (nSPS) is 37.7. The molecule has 0 spiro atoms. The number of ether oxygens (including phenoxy) is 5. The van der Waals surface area contributed by atoms with Gasteiger partial charge < -0.3 is 23.7 Å². The number of carbonyl (C=O) groups is 1. The van der Waals surface area contributed by atoms with E-state index >= 15 is 0 Å². The first-order chi connectivity index (χ1) is 8.24. The van der Waals surface area contributed by atoms with Crippen molar-refractivity contribution >= 4 is 5.97 Å². The minimum atomic E-state index is -0.834. The Kier molecular flexibility index (Phi) is 3.40. The molecule has 0 aromatic rings. The molecule has 0 unspecified atom stereocenters. The Bertz CT molecular complexity index is 337. The molecule has 2 rings (SSSR count). The molecule has 104 valence electrons. The van der Waals surface area contributed by atoms with Gasteiger partial charge in [-0.25, -0.2) is 4.79 Å². The van der Waals surface area contributed by atoms with Gasteiger partial charge in [-0.2, -0.15) is 0 Å². The highest BCUT2D eigenvalue weighted by atomic mass is 16.8. The predicted octanol–water partition coefficient (Wildman–Crippen LogP) is 0.831. The van der Waals surface area contributed by atoms with Crippen LogP contribution in [-0.2, 0) is 28.5 Å². The van der Waals surface area contributed by atoms with E-state index in [0.717, 1.165) is 0 Å². The number of methoxy groups -OCH3 is 1. The first kappa shape index (κ1) is 13.7. The smallest absolute Gasteiger partial charge is 0.337 e. The summed E-state index contributed by atoms with van der Waals surface area (Å²) in [6.07, 6.45) is -1.65. The van der Waals surface area contributed by atoms with Crippen molar-refractivity contribution in [3.05, 3.63) is 0 Å². The summed E-state index contributed by atoms with van der Waals surface area (Å²) in [7, 11) is 1.32. The van der Waals surface area contributed by atoms with E-state index in [0.29, 0.717) is 6.61 Å². The van der Waals surface area contributed by atoms with Crippen molar-refractivity contribution in [3.63, 3.8) is 0 Å². The minimum absolute atomic E-state index is 0.342. The Morgan fingerprint density at radius 1 is 1.11 bits per heavy atom. The molecule has 0 radical (unpaired) electrons. The monoisotopic (exact) mass is 260 g/mol. The first-order valence-electron chi connectivity index (χ1n) is 5.99. The van der Waals surface area contributed by atoms with Crippen LogP contribution in [0.3, 0.4) is 0 Å². The van der Waals surface area contributed by atoms with E-state index in [2.05, 4.69) is 0 Å². The zero-order valence-electron chi connectivity index (χ0n) is 11.4. The molecule has 0 aromatic heterocycles. The van der Waals surface area contributed by atoms with Gasteiger partial charge in [0, 0.05) is 0 Å². The highest BCUT2D eigenvalue weighted by Crippen LogP contribution is 2.35. The van der Waals surface area contributed by atoms with E-state index in [-0.39, 0.29) is 6.10 Å². The maximum absolute atomic E-state index is 11.7. The SMILES string of the molecule is COC(=O)[C@@H]1OC(C)(C)O[C@@H]1[C@H]1COC(C)(C)O1. The number of rotatable bonds is 2. The van der Waals surface area contributed by atoms with Gasteiger partial charge in [-0.05, 0) is 27.7 Å². The molecule has 2 fully saturated rings. The van der Waals surface area contributed by atoms with Gasteiger partial charge in [0.25, 0.3) is 0 Å². The maximum Gasteiger partial charge on any atom is 0.337 e. The molecule has 3 atom stereocenters. The fourth-order valence-corrected chi connectivity index (χ4v) is 2.24. The Balaban J connectivity index is 2.12. The van der Waals surface area contributed by atoms with Crippen LogP contribution in [0.15, 0.2) is 0 Å². The Morgan fingerprint density at radius 3 is 2.28 bits per heavy atom. The average Bonchev–Trinajstić information content (AvgIpc) is 2.77. The van der Waals surface area contributed by atoms with Gasteiger partial charge >= 0.3 is 5.97 Å². The van der Waals surface area contributed by atoms with E-state index in [1.165, 1.54) is 7.11 Å². The van der Waals surface area contributed by atoms with E-state index in [1.54, 1.807) is 13.8 Å². The van der Waals surface area contributed by atoms with Gasteiger partial charge in [0.15, 0.2) is 17.7 Å². The summed E-state index contributed by atoms with van der Waals surface area (Å²) in [6.45, 7) is 7.51. The third-order valence-corrected chi connectivity index (χ3v) is 2.96. The van der Waals surface area contributed by atoms with Crippen molar-refractivity contribution in [3.8, 4) is 0 Å². The largest absolute Gasteiger partial charge is 0.467 e. The van der Waals surface area contributed by atoms with E-state index < -0.39 is 29.8 Å². The Morgan fingerprint density at radius 2 is 1.78 bits per heavy atom. The molecule has 18 heavy (non-hydrogen) atoms. The number of hydrogen-bond donors (Lipinski definition) is 0. The van der Waals surface area contributed by atoms with Crippen molar-refractivity contribution < 1.29 is 28.5 Å². The van der Waals surface area contributed by atoms with E-state index in [9.17, 15) is 4.79 Å². The summed E-state index contributed by atoms with van der Waals surface area (Å²) < 4.78 is 27.2. The third kappa shape index (κ3) is 2.66. The van der Waals surface area contributed by atoms with Crippen LogP contribution in [0.25, 0.3) is 0 Å². The molecule has 6 nitrogen and oxygen atoms in total. The fourth-order valence-electron chi connectivity index (χ4n) is 2.24. The van der Waals surface area contributed by atoms with Crippen LogP contribution in [0.5, 0.6) is 0 Å². The minimum Gasteiger partial charge on any atom is -0.467 e. The fraction of sp³-hybridized carbons (Fsp3) is 0.917. The average molecular weight is 260 g/mol. The van der Waals surface area contributed by atoms with Crippen LogP contribution in [0.1, 0.15) is 27.7 Å². The standard InChI is InChI=1S/C12H20O6/c1-11(2)15-6-7(16-11)8-9(10(13)14-5)18-12(3,4)17-8/h7-9H,6H2,1-5H3/t7-,8-,9-/m1/s1. The summed E-state index contributed by atoms with van der Waals surface area (Å²) in [5.74, 6) is -1.96. The first-order valence-corrected chi connectivity index (χ1v) is 5.99. The van der Waals surface area contributed by atoms with E-state index in [1.807, 2.05) is 13.8 Å². The van der Waals surface area contributed by atoms with Gasteiger partial charge in [-0.3, -0.25) is 0 Å². The summed E-state index contributed by atoms with van der Waals surface area (Å²) >= 11 is 0. The van der Waals surface area contributed by atoms with Crippen LogP contribution in [0, 0.1) is 0 Å². The topological polar surface area (TPSA) is 63.2 Å². The van der Waals surface area contributed by atoms with E-state index in [4.69, 9.17) is 23.7 Å². The highest BCUT2D eigenvalue weighted by Gasteiger charge is 2.52. The third-order valence-electron chi connectivity index (χ3n) is 2.96. The second-order valence-electron chi connectivity index (χ2n) is 5.41. The van der Waals surface area contributed by atoms with Gasteiger partial charge in [0.05, 0.1) is 13.7 Å². The number of hydrogen-bond acceptors (Lipinski definition) is 6. The van der Waals surface area contributed by atoms with Crippen molar-refractivity contribution in [2.24, 2.45) is 0 Å². The van der Waals surface area contributed by atoms with Gasteiger partial charge in [0.1, 0.15) is 12.2 Å². The van der Waals surface area contributed by atoms with Gasteiger partial charge in [-0.15, -0.1) is 0 Å². The molecule has 0 N–H and O–H groups in total. The van der Waals surface area contributed by atoms with Crippen LogP contribution >= 0.6 is 0 Å². The molecule has 0 amide bonds. The molecular formula is C12H20O6. The molecule has 0 aliphatic carbocycles. The summed E-state index contributed by atoms with van der Waals surface area (Å²) in [6, 6.07) is 0. The summed E-state index contributed by atoms with van der Waals surface area (Å²) in [4.78, 5) is 11.7. The molecule has 2 saturated heterocycles. The van der Waals surface area contributed by atoms with Crippen molar-refractivity contribution in [2.75, 3.05) is 13.7 Å². The second-order valence-corrected chi connectivity index (χ2v) is 5.41. The van der Waals surface area contributed by atoms with Gasteiger partial charge in [-0.1, -0.05) is 0 Å². The van der Waals surface area contributed by atoms with Crippen molar-refractivity contribution in [2.45, 2.75) is 57.6 Å². The second kappa shape index (κ2) is 4.45. The number of carbonyl (C=O) groups excluding carboxylic acids is 1. The number of esters is 1. The van der Waals surface area contributed by atoms with Crippen LogP contribution in [0.2, 0.25) is 0 Å². The lowest BCUT2D eigenvalue weighted by molar-refractivity contribution is -0.176. The highest BCUT2D eigenvalue weighted by molar-refractivity contribution is 5.75. The summed E-state index contributed by atoms with van der Waals surface area (Å²) in [5.41, 5.74) is 0. The maximum atomic E-state index is 11.7. The molecule has 0 aromatic carbocycles. The zero-order chi connectivity index (χ0) is 13.6. The lowest BCUT2D eigenvalue weighted by atomic mass is 10.1. The molecule has 0 saturated carbocycles. The molecule has 0 bridgehead atoms. The van der Waals surface area contributed by atoms with Gasteiger partial charge in [0.2, 0.25) is 0 Å². The van der Waals surface area contributed by atoms with Crippen LogP contribution in [0.4, 0.5) is 0 Å². The quantitative estimate of drug-likeness (QED) is 0.685. The Hall–Kier alpha value is -0.690. The lowest BCUT2D eigenvalue weighted by Gasteiger charge is -2.22. The predicted molar refractivity (Wildman–Crippen MR) is 60.7 cm³/mol. The lowest BCUT2D eigenvalue weighted by Crippen LogP contribution is -2.42. The van der Waals surface area contributed by atoms with Crippen molar-refractivity contribution in [1.82, 2.24) is 0 Å². The molecule has 2 heterocycles. The summed E-state index contributed by atoms with van der Waals surface area (Å²) in [5, 5.41) is 0. The van der Waals surface area contributed by atoms with Crippen LogP contribution < -0.4 is 0 Å². The molecule has 6 heteroatoms. The van der Waals surface area contributed by atoms with Crippen LogP contribution in [-0.4, -0.2) is 49.6 Å². The van der Waals surface area contributed by atoms with Crippen molar-refractivity contribution in [1.29, 1.82) is 0 Å². The zero-order valence-corrected chi connectivity index (χ0v) is 11.4. The Labute approximate surface area is 106 Å². The molecule has 2 aliphatic heterocycles. The molecular weight excluding hydrogens is 240 g/mol.